The molecule has 1 fully saturated rings. The quantitative estimate of drug-likeness (QED) is 0.471. The largest absolute Gasteiger partial charge is 0.353 e. The Morgan fingerprint density at radius 3 is 2.35 bits per heavy atom. The number of nitrogens with one attached hydrogen (secondary N) is 1. The zero-order valence-electron chi connectivity index (χ0n) is 19.3. The van der Waals surface area contributed by atoms with Crippen LogP contribution in [-0.2, 0) is 17.8 Å². The number of benzene rings is 2. The highest BCUT2D eigenvalue weighted by molar-refractivity contribution is 7.12. The van der Waals surface area contributed by atoms with Crippen LogP contribution in [-0.4, -0.2) is 59.9 Å². The molecule has 2 atom stereocenters. The van der Waals surface area contributed by atoms with Gasteiger partial charge in [-0.15, -0.1) is 11.3 Å². The van der Waals surface area contributed by atoms with Crippen LogP contribution in [0.5, 0.6) is 0 Å². The lowest BCUT2D eigenvalue weighted by molar-refractivity contribution is -0.124. The number of hydrogen-bond donors (Lipinski definition) is 2. The number of thiophene rings is 1. The van der Waals surface area contributed by atoms with Crippen LogP contribution in [0.4, 0.5) is 0 Å². The molecule has 3 N–H and O–H groups in total. The molecule has 178 valence electrons. The highest BCUT2D eigenvalue weighted by atomic mass is 32.1. The van der Waals surface area contributed by atoms with Crippen molar-refractivity contribution in [1.82, 2.24) is 15.1 Å². The minimum Gasteiger partial charge on any atom is -0.353 e. The third kappa shape index (κ3) is 6.11. The van der Waals surface area contributed by atoms with E-state index in [2.05, 4.69) is 58.7 Å². The lowest BCUT2D eigenvalue weighted by Gasteiger charge is -2.29. The molecule has 3 aromatic rings. The summed E-state index contributed by atoms with van der Waals surface area (Å²) in [4.78, 5) is 31.2. The molecule has 2 amide bonds. The van der Waals surface area contributed by atoms with Crippen LogP contribution in [0.25, 0.3) is 0 Å². The second kappa shape index (κ2) is 11.9. The Balaban J connectivity index is 1.55. The van der Waals surface area contributed by atoms with E-state index in [1.165, 1.54) is 22.5 Å². The Labute approximate surface area is 205 Å². The number of carbonyl (C=O) groups is 2. The van der Waals surface area contributed by atoms with Crippen LogP contribution in [0.15, 0.2) is 78.2 Å². The second-order valence-electron chi connectivity index (χ2n) is 8.61. The van der Waals surface area contributed by atoms with Crippen molar-refractivity contribution in [3.63, 3.8) is 0 Å². The summed E-state index contributed by atoms with van der Waals surface area (Å²) < 4.78 is 0. The summed E-state index contributed by atoms with van der Waals surface area (Å²) in [7, 11) is 0. The van der Waals surface area contributed by atoms with Crippen LogP contribution in [0.3, 0.4) is 0 Å². The Morgan fingerprint density at radius 1 is 1.00 bits per heavy atom. The molecule has 2 unspecified atom stereocenters. The summed E-state index contributed by atoms with van der Waals surface area (Å²) in [6.45, 7) is 2.93. The topological polar surface area (TPSA) is 78.7 Å². The summed E-state index contributed by atoms with van der Waals surface area (Å²) >= 11 is 1.41. The van der Waals surface area contributed by atoms with Crippen LogP contribution >= 0.6 is 11.3 Å². The van der Waals surface area contributed by atoms with Gasteiger partial charge in [-0.25, -0.2) is 0 Å². The van der Waals surface area contributed by atoms with Crippen LogP contribution in [0, 0.1) is 0 Å². The lowest BCUT2D eigenvalue weighted by Crippen LogP contribution is -2.46. The molecular weight excluding hydrogens is 444 g/mol. The van der Waals surface area contributed by atoms with E-state index >= 15 is 0 Å². The molecule has 4 rings (SSSR count). The van der Waals surface area contributed by atoms with Crippen LogP contribution in [0.1, 0.15) is 27.2 Å². The molecule has 1 saturated heterocycles. The number of rotatable bonds is 10. The molecular formula is C27H32N4O2S. The summed E-state index contributed by atoms with van der Waals surface area (Å²) in [6, 6.07) is 24.1. The van der Waals surface area contributed by atoms with Gasteiger partial charge in [-0.2, -0.15) is 0 Å². The van der Waals surface area contributed by atoms with Crippen molar-refractivity contribution in [3.8, 4) is 0 Å². The number of nitrogens with zero attached hydrogens (tertiary/aromatic N) is 2. The molecule has 0 bridgehead atoms. The van der Waals surface area contributed by atoms with E-state index in [4.69, 9.17) is 5.73 Å². The average Bonchev–Trinajstić information content (AvgIpc) is 3.57. The maximum atomic E-state index is 13.3. The highest BCUT2D eigenvalue weighted by Gasteiger charge is 2.42. The summed E-state index contributed by atoms with van der Waals surface area (Å²) in [5.74, 6) is -0.200. The first-order valence-electron chi connectivity index (χ1n) is 11.8. The fourth-order valence-corrected chi connectivity index (χ4v) is 5.21. The van der Waals surface area contributed by atoms with Gasteiger partial charge in [-0.05, 0) is 35.4 Å². The molecule has 1 aliphatic heterocycles. The van der Waals surface area contributed by atoms with Gasteiger partial charge in [0.15, 0.2) is 0 Å². The van der Waals surface area contributed by atoms with Gasteiger partial charge in [-0.1, -0.05) is 66.7 Å². The first kappa shape index (κ1) is 24.1. The molecule has 0 saturated carbocycles. The van der Waals surface area contributed by atoms with E-state index in [9.17, 15) is 9.59 Å². The zero-order valence-corrected chi connectivity index (χ0v) is 20.1. The van der Waals surface area contributed by atoms with Gasteiger partial charge in [0, 0.05) is 38.8 Å². The van der Waals surface area contributed by atoms with Crippen molar-refractivity contribution in [2.75, 3.05) is 26.2 Å². The number of carbonyl (C=O) groups excluding carboxylic acids is 2. The van der Waals surface area contributed by atoms with Gasteiger partial charge in [0.1, 0.15) is 6.04 Å². The fourth-order valence-electron chi connectivity index (χ4n) is 4.53. The van der Waals surface area contributed by atoms with E-state index in [1.807, 2.05) is 29.6 Å². The molecule has 0 aliphatic carbocycles. The predicted octanol–water partition coefficient (Wildman–Crippen LogP) is 3.15. The molecule has 1 aromatic heterocycles. The second-order valence-corrected chi connectivity index (χ2v) is 9.56. The molecule has 2 heterocycles. The predicted molar refractivity (Wildman–Crippen MR) is 137 cm³/mol. The highest BCUT2D eigenvalue weighted by Crippen LogP contribution is 2.27. The third-order valence-corrected chi connectivity index (χ3v) is 7.15. The molecule has 34 heavy (non-hydrogen) atoms. The smallest absolute Gasteiger partial charge is 0.264 e. The summed E-state index contributed by atoms with van der Waals surface area (Å²) in [5.41, 5.74) is 8.11. The monoisotopic (exact) mass is 476 g/mol. The normalized spacial score (nSPS) is 17.8. The van der Waals surface area contributed by atoms with Crippen molar-refractivity contribution in [1.29, 1.82) is 0 Å². The number of likely N-dealkylation sites (tertiary alicyclic amines) is 1. The van der Waals surface area contributed by atoms with E-state index in [0.29, 0.717) is 30.9 Å². The Kier molecular flexibility index (Phi) is 8.46. The van der Waals surface area contributed by atoms with Gasteiger partial charge in [0.2, 0.25) is 5.91 Å². The molecule has 7 heteroatoms. The fraction of sp³-hybridized carbons (Fsp3) is 0.333. The number of amides is 2. The van der Waals surface area contributed by atoms with Crippen molar-refractivity contribution in [3.05, 3.63) is 94.2 Å². The van der Waals surface area contributed by atoms with Gasteiger partial charge in [0.25, 0.3) is 5.91 Å². The standard InChI is InChI=1S/C27H32N4O2S/c28-14-15-29-26(32)24-18-23(20-31(24)27(33)25-12-7-17-34-25)30(19-22-10-5-2-6-11-22)16-13-21-8-3-1-4-9-21/h1-12,17,23-24H,13-16,18-20,28H2,(H,29,32). The number of nitrogens with two attached hydrogens (primary N) is 1. The molecule has 0 spiro atoms. The van der Waals surface area contributed by atoms with E-state index in [1.54, 1.807) is 4.90 Å². The van der Waals surface area contributed by atoms with Gasteiger partial charge in [0.05, 0.1) is 4.88 Å². The Hall–Kier alpha value is -3.00. The summed E-state index contributed by atoms with van der Waals surface area (Å²) in [6.07, 6.45) is 1.52. The average molecular weight is 477 g/mol. The van der Waals surface area contributed by atoms with E-state index < -0.39 is 6.04 Å². The molecule has 2 aromatic carbocycles. The van der Waals surface area contributed by atoms with Crippen molar-refractivity contribution >= 4 is 23.2 Å². The SMILES string of the molecule is NCCNC(=O)C1CC(N(CCc2ccccc2)Cc2ccccc2)CN1C(=O)c1cccs1. The molecule has 1 aliphatic rings. The lowest BCUT2D eigenvalue weighted by atomic mass is 10.1. The summed E-state index contributed by atoms with van der Waals surface area (Å²) in [5, 5.41) is 4.79. The maximum Gasteiger partial charge on any atom is 0.264 e. The Morgan fingerprint density at radius 2 is 1.71 bits per heavy atom. The first-order valence-corrected chi connectivity index (χ1v) is 12.7. The minimum atomic E-state index is -0.499. The molecule has 6 nitrogen and oxygen atoms in total. The van der Waals surface area contributed by atoms with Gasteiger partial charge < -0.3 is 16.0 Å². The van der Waals surface area contributed by atoms with Crippen molar-refractivity contribution < 1.29 is 9.59 Å². The zero-order chi connectivity index (χ0) is 23.8. The van der Waals surface area contributed by atoms with Crippen molar-refractivity contribution in [2.24, 2.45) is 5.73 Å². The van der Waals surface area contributed by atoms with Crippen LogP contribution < -0.4 is 11.1 Å². The van der Waals surface area contributed by atoms with Gasteiger partial charge >= 0.3 is 0 Å². The van der Waals surface area contributed by atoms with E-state index in [-0.39, 0.29) is 17.9 Å². The van der Waals surface area contributed by atoms with E-state index in [0.717, 1.165) is 19.5 Å². The van der Waals surface area contributed by atoms with Crippen molar-refractivity contribution in [2.45, 2.75) is 31.5 Å². The Bertz CT molecular complexity index is 1040. The first-order chi connectivity index (χ1) is 16.7. The number of hydrogen-bond acceptors (Lipinski definition) is 5. The minimum absolute atomic E-state index is 0.0758. The van der Waals surface area contributed by atoms with Gasteiger partial charge in [-0.3, -0.25) is 14.5 Å². The molecule has 0 radical (unpaired) electrons. The maximum absolute atomic E-state index is 13.3. The third-order valence-electron chi connectivity index (χ3n) is 6.29. The van der Waals surface area contributed by atoms with Crippen LogP contribution in [0.2, 0.25) is 0 Å².